The first-order chi connectivity index (χ1) is 14.9. The molecule has 8 heteroatoms. The largest absolute Gasteiger partial charge is 0.372 e. The van der Waals surface area contributed by atoms with Crippen LogP contribution in [0.3, 0.4) is 0 Å². The van der Waals surface area contributed by atoms with Gasteiger partial charge in [-0.15, -0.1) is 0 Å². The molecular formula is C23H27N3O4S. The summed E-state index contributed by atoms with van der Waals surface area (Å²) >= 11 is 0. The van der Waals surface area contributed by atoms with E-state index in [2.05, 4.69) is 27.1 Å². The van der Waals surface area contributed by atoms with E-state index < -0.39 is 9.84 Å². The van der Waals surface area contributed by atoms with Gasteiger partial charge in [0.15, 0.2) is 15.7 Å². The first-order valence-corrected chi connectivity index (χ1v) is 12.2. The van der Waals surface area contributed by atoms with E-state index in [4.69, 9.17) is 4.74 Å². The van der Waals surface area contributed by atoms with Crippen LogP contribution in [-0.2, 0) is 19.4 Å². The Bertz CT molecular complexity index is 1050. The lowest BCUT2D eigenvalue weighted by atomic mass is 9.87. The minimum Gasteiger partial charge on any atom is -0.372 e. The molecular weight excluding hydrogens is 414 g/mol. The summed E-state index contributed by atoms with van der Waals surface area (Å²) in [5.41, 5.74) is 1.29. The molecule has 1 aromatic heterocycles. The van der Waals surface area contributed by atoms with Crippen molar-refractivity contribution in [1.82, 2.24) is 9.97 Å². The van der Waals surface area contributed by atoms with Crippen molar-refractivity contribution in [2.24, 2.45) is 5.92 Å². The van der Waals surface area contributed by atoms with Crippen LogP contribution in [0.4, 0.5) is 5.82 Å². The maximum Gasteiger partial charge on any atom is 0.233 e. The van der Waals surface area contributed by atoms with E-state index in [1.807, 2.05) is 0 Å². The molecule has 1 aliphatic carbocycles. The standard InChI is InChI=1S/C23H27N3O4S/c1-30-13-5-8-19-15-25-22(16-24-19)26-23(27)21(14-17-6-3-4-7-17)18-9-11-20(12-10-18)31(2,28)29/h9-12,15-17,21H,3-4,6-7,13-14H2,1-2H3,(H,25,26,27)/t21-/m0/s1. The van der Waals surface area contributed by atoms with E-state index in [9.17, 15) is 13.2 Å². The first-order valence-electron chi connectivity index (χ1n) is 10.3. The molecule has 0 spiro atoms. The van der Waals surface area contributed by atoms with Crippen LogP contribution in [0, 0.1) is 17.8 Å². The van der Waals surface area contributed by atoms with Gasteiger partial charge in [0.1, 0.15) is 12.3 Å². The number of hydrogen-bond donors (Lipinski definition) is 1. The van der Waals surface area contributed by atoms with Crippen LogP contribution < -0.4 is 5.32 Å². The number of nitrogens with one attached hydrogen (secondary N) is 1. The van der Waals surface area contributed by atoms with E-state index in [0.717, 1.165) is 24.8 Å². The lowest BCUT2D eigenvalue weighted by Gasteiger charge is -2.20. The molecule has 3 rings (SSSR count). The molecule has 7 nitrogen and oxygen atoms in total. The number of carbonyl (C=O) groups excluding carboxylic acids is 1. The highest BCUT2D eigenvalue weighted by atomic mass is 32.2. The molecule has 1 aromatic carbocycles. The van der Waals surface area contributed by atoms with Crippen LogP contribution in [-0.4, -0.2) is 44.3 Å². The van der Waals surface area contributed by atoms with Gasteiger partial charge in [0.05, 0.1) is 23.2 Å². The zero-order valence-corrected chi connectivity index (χ0v) is 18.6. The van der Waals surface area contributed by atoms with E-state index in [0.29, 0.717) is 24.0 Å². The molecule has 31 heavy (non-hydrogen) atoms. The summed E-state index contributed by atoms with van der Waals surface area (Å²) in [5.74, 6) is 5.90. The molecule has 1 amide bonds. The predicted octanol–water partition coefficient (Wildman–Crippen LogP) is 3.18. The normalized spacial score (nSPS) is 15.2. The quantitative estimate of drug-likeness (QED) is 0.663. The third-order valence-corrected chi connectivity index (χ3v) is 6.54. The molecule has 1 heterocycles. The molecule has 2 aromatic rings. The van der Waals surface area contributed by atoms with Crippen molar-refractivity contribution >= 4 is 21.6 Å². The van der Waals surface area contributed by atoms with Crippen molar-refractivity contribution < 1.29 is 17.9 Å². The summed E-state index contributed by atoms with van der Waals surface area (Å²) in [4.78, 5) is 21.8. The maximum atomic E-state index is 13.1. The van der Waals surface area contributed by atoms with Gasteiger partial charge in [-0.25, -0.2) is 18.4 Å². The lowest BCUT2D eigenvalue weighted by Crippen LogP contribution is -2.23. The van der Waals surface area contributed by atoms with Gasteiger partial charge >= 0.3 is 0 Å². The summed E-state index contributed by atoms with van der Waals surface area (Å²) < 4.78 is 28.4. The number of hydrogen-bond acceptors (Lipinski definition) is 6. The number of rotatable bonds is 7. The van der Waals surface area contributed by atoms with Crippen LogP contribution in [0.15, 0.2) is 41.6 Å². The Labute approximate surface area is 183 Å². The Hall–Kier alpha value is -2.76. The number of benzene rings is 1. The summed E-state index contributed by atoms with van der Waals surface area (Å²) in [7, 11) is -1.72. The number of anilines is 1. The number of ether oxygens (including phenoxy) is 1. The minimum atomic E-state index is -3.29. The van der Waals surface area contributed by atoms with Crippen LogP contribution in [0.25, 0.3) is 0 Å². The zero-order valence-electron chi connectivity index (χ0n) is 17.8. The fraction of sp³-hybridized carbons (Fsp3) is 0.435. The van der Waals surface area contributed by atoms with Crippen molar-refractivity contribution in [3.05, 3.63) is 47.9 Å². The van der Waals surface area contributed by atoms with E-state index in [1.165, 1.54) is 31.5 Å². The second-order valence-electron chi connectivity index (χ2n) is 7.79. The number of methoxy groups -OCH3 is 1. The Kier molecular flexibility index (Phi) is 7.77. The molecule has 1 atom stereocenters. The molecule has 0 radical (unpaired) electrons. The van der Waals surface area contributed by atoms with E-state index >= 15 is 0 Å². The van der Waals surface area contributed by atoms with Gasteiger partial charge in [-0.05, 0) is 36.0 Å². The number of sulfone groups is 1. The maximum absolute atomic E-state index is 13.1. The van der Waals surface area contributed by atoms with Gasteiger partial charge in [-0.2, -0.15) is 0 Å². The van der Waals surface area contributed by atoms with Gasteiger partial charge in [0.25, 0.3) is 0 Å². The van der Waals surface area contributed by atoms with Crippen LogP contribution in [0.1, 0.15) is 49.3 Å². The van der Waals surface area contributed by atoms with E-state index in [-0.39, 0.29) is 16.7 Å². The van der Waals surface area contributed by atoms with Crippen molar-refractivity contribution in [2.75, 3.05) is 25.3 Å². The molecule has 1 aliphatic rings. The van der Waals surface area contributed by atoms with Crippen molar-refractivity contribution in [1.29, 1.82) is 0 Å². The average molecular weight is 442 g/mol. The molecule has 0 aliphatic heterocycles. The molecule has 0 unspecified atom stereocenters. The molecule has 1 N–H and O–H groups in total. The lowest BCUT2D eigenvalue weighted by molar-refractivity contribution is -0.118. The highest BCUT2D eigenvalue weighted by Crippen LogP contribution is 2.35. The van der Waals surface area contributed by atoms with Crippen LogP contribution in [0.2, 0.25) is 0 Å². The Morgan fingerprint density at radius 3 is 2.48 bits per heavy atom. The molecule has 1 fully saturated rings. The van der Waals surface area contributed by atoms with Crippen LogP contribution >= 0.6 is 0 Å². The number of carbonyl (C=O) groups is 1. The molecule has 164 valence electrons. The molecule has 1 saturated carbocycles. The smallest absolute Gasteiger partial charge is 0.233 e. The van der Waals surface area contributed by atoms with Gasteiger partial charge < -0.3 is 10.1 Å². The van der Waals surface area contributed by atoms with Gasteiger partial charge in [0, 0.05) is 13.4 Å². The summed E-state index contributed by atoms with van der Waals surface area (Å²) in [6.45, 7) is 0.307. The average Bonchev–Trinajstić information content (AvgIpc) is 3.26. The molecule has 0 saturated heterocycles. The van der Waals surface area contributed by atoms with Crippen molar-refractivity contribution in [3.8, 4) is 11.8 Å². The van der Waals surface area contributed by atoms with Crippen molar-refractivity contribution in [2.45, 2.75) is 42.9 Å². The van der Waals surface area contributed by atoms with Crippen molar-refractivity contribution in [3.63, 3.8) is 0 Å². The predicted molar refractivity (Wildman–Crippen MR) is 118 cm³/mol. The fourth-order valence-corrected chi connectivity index (χ4v) is 4.42. The number of nitrogens with zero attached hydrogens (tertiary/aromatic N) is 2. The topological polar surface area (TPSA) is 98.2 Å². The highest BCUT2D eigenvalue weighted by Gasteiger charge is 2.27. The summed E-state index contributed by atoms with van der Waals surface area (Å²) in [5, 5.41) is 2.85. The van der Waals surface area contributed by atoms with Crippen LogP contribution in [0.5, 0.6) is 0 Å². The first kappa shape index (κ1) is 22.9. The monoisotopic (exact) mass is 441 g/mol. The highest BCUT2D eigenvalue weighted by molar-refractivity contribution is 7.90. The fourth-order valence-electron chi connectivity index (χ4n) is 3.79. The Morgan fingerprint density at radius 1 is 1.19 bits per heavy atom. The summed E-state index contributed by atoms with van der Waals surface area (Å²) in [6, 6.07) is 6.59. The third-order valence-electron chi connectivity index (χ3n) is 5.41. The number of amides is 1. The zero-order chi connectivity index (χ0) is 22.3. The summed E-state index contributed by atoms with van der Waals surface area (Å²) in [6.07, 6.45) is 9.47. The Morgan fingerprint density at radius 2 is 1.90 bits per heavy atom. The molecule has 0 bridgehead atoms. The Balaban J connectivity index is 1.77. The second-order valence-corrected chi connectivity index (χ2v) is 9.81. The van der Waals surface area contributed by atoms with Gasteiger partial charge in [-0.1, -0.05) is 43.7 Å². The van der Waals surface area contributed by atoms with Gasteiger partial charge in [-0.3, -0.25) is 4.79 Å². The second kappa shape index (κ2) is 10.5. The number of aromatic nitrogens is 2. The van der Waals surface area contributed by atoms with E-state index in [1.54, 1.807) is 31.4 Å². The third kappa shape index (κ3) is 6.61. The van der Waals surface area contributed by atoms with Gasteiger partial charge in [0.2, 0.25) is 5.91 Å². The SMILES string of the molecule is COCC#Cc1cnc(NC(=O)[C@@H](CC2CCCC2)c2ccc(S(C)(=O)=O)cc2)cn1. The minimum absolute atomic E-state index is 0.175.